The van der Waals surface area contributed by atoms with Gasteiger partial charge in [-0.1, -0.05) is 41.4 Å². The van der Waals surface area contributed by atoms with Crippen molar-refractivity contribution in [2.24, 2.45) is 5.92 Å². The van der Waals surface area contributed by atoms with E-state index in [2.05, 4.69) is 22.5 Å². The third-order valence-corrected chi connectivity index (χ3v) is 2.81. The van der Waals surface area contributed by atoms with E-state index in [0.29, 0.717) is 6.42 Å². The Morgan fingerprint density at radius 3 is 2.54 bits per heavy atom. The molecule has 0 aromatic carbocycles. The van der Waals surface area contributed by atoms with Crippen molar-refractivity contribution in [3.05, 3.63) is 12.2 Å². The molecule has 13 heavy (non-hydrogen) atoms. The van der Waals surface area contributed by atoms with Crippen molar-refractivity contribution in [2.45, 2.75) is 32.6 Å². The Labute approximate surface area is 88.2 Å². The van der Waals surface area contributed by atoms with Crippen LogP contribution in [-0.2, 0) is 4.79 Å². The summed E-state index contributed by atoms with van der Waals surface area (Å²) in [6.07, 6.45) is 3.22. The van der Waals surface area contributed by atoms with Gasteiger partial charge in [0, 0.05) is 5.33 Å². The molecular weight excluding hydrogens is 232 g/mol. The Hall–Kier alpha value is -0.310. The van der Waals surface area contributed by atoms with Crippen LogP contribution < -0.4 is 0 Å². The molecule has 0 bridgehead atoms. The summed E-state index contributed by atoms with van der Waals surface area (Å²) in [5.41, 5.74) is 1.07. The number of carboxylic acids is 1. The zero-order valence-corrected chi connectivity index (χ0v) is 9.64. The van der Waals surface area contributed by atoms with Gasteiger partial charge in [0.2, 0.25) is 0 Å². The second-order valence-electron chi connectivity index (χ2n) is 3.25. The molecule has 0 aliphatic heterocycles. The first-order valence-electron chi connectivity index (χ1n) is 4.57. The maximum Gasteiger partial charge on any atom is 0.306 e. The number of hydrogen-bond donors (Lipinski definition) is 1. The maximum atomic E-state index is 10.7. The summed E-state index contributed by atoms with van der Waals surface area (Å²) in [5, 5.41) is 9.62. The smallest absolute Gasteiger partial charge is 0.306 e. The first-order valence-corrected chi connectivity index (χ1v) is 5.69. The van der Waals surface area contributed by atoms with Gasteiger partial charge in [0.25, 0.3) is 0 Å². The number of aliphatic carboxylic acids is 1. The van der Waals surface area contributed by atoms with E-state index in [0.717, 1.165) is 30.2 Å². The van der Waals surface area contributed by atoms with Crippen molar-refractivity contribution >= 4 is 21.9 Å². The standard InChI is InChI=1S/C10H17BrO2/c1-3-4-9(10(12)13)6-5-8(2)7-11/h9H,2-7H2,1H3,(H,12,13). The van der Waals surface area contributed by atoms with E-state index in [-0.39, 0.29) is 5.92 Å². The summed E-state index contributed by atoms with van der Waals surface area (Å²) in [4.78, 5) is 10.7. The van der Waals surface area contributed by atoms with E-state index in [1.807, 2.05) is 6.92 Å². The summed E-state index contributed by atoms with van der Waals surface area (Å²) in [6.45, 7) is 5.83. The fraction of sp³-hybridized carbons (Fsp3) is 0.700. The molecular formula is C10H17BrO2. The molecule has 0 aliphatic rings. The second-order valence-corrected chi connectivity index (χ2v) is 3.81. The van der Waals surface area contributed by atoms with E-state index < -0.39 is 5.97 Å². The minimum Gasteiger partial charge on any atom is -0.481 e. The zero-order valence-electron chi connectivity index (χ0n) is 8.05. The fourth-order valence-corrected chi connectivity index (χ4v) is 1.47. The number of carboxylic acid groups (broad SMARTS) is 1. The molecule has 0 aromatic heterocycles. The summed E-state index contributed by atoms with van der Waals surface area (Å²) >= 11 is 3.29. The monoisotopic (exact) mass is 248 g/mol. The normalized spacial score (nSPS) is 12.5. The molecule has 0 aromatic rings. The number of carbonyl (C=O) groups is 1. The predicted octanol–water partition coefficient (Wildman–Crippen LogP) is 3.22. The minimum atomic E-state index is -0.677. The molecule has 0 amide bonds. The minimum absolute atomic E-state index is 0.194. The average molecular weight is 249 g/mol. The zero-order chi connectivity index (χ0) is 10.3. The van der Waals surface area contributed by atoms with Crippen LogP contribution in [0.1, 0.15) is 32.6 Å². The van der Waals surface area contributed by atoms with Gasteiger partial charge in [-0.2, -0.15) is 0 Å². The van der Waals surface area contributed by atoms with Gasteiger partial charge >= 0.3 is 5.97 Å². The van der Waals surface area contributed by atoms with Crippen molar-refractivity contribution in [1.29, 1.82) is 0 Å². The van der Waals surface area contributed by atoms with Crippen LogP contribution in [0, 0.1) is 5.92 Å². The van der Waals surface area contributed by atoms with Gasteiger partial charge in [-0.05, 0) is 19.3 Å². The lowest BCUT2D eigenvalue weighted by molar-refractivity contribution is -0.142. The van der Waals surface area contributed by atoms with Crippen LogP contribution in [0.2, 0.25) is 0 Å². The van der Waals surface area contributed by atoms with Crippen molar-refractivity contribution in [1.82, 2.24) is 0 Å². The molecule has 1 unspecified atom stereocenters. The number of hydrogen-bond acceptors (Lipinski definition) is 1. The van der Waals surface area contributed by atoms with Crippen LogP contribution in [0.3, 0.4) is 0 Å². The molecule has 2 nitrogen and oxygen atoms in total. The Balaban J connectivity index is 3.82. The highest BCUT2D eigenvalue weighted by Gasteiger charge is 2.15. The fourth-order valence-electron chi connectivity index (χ4n) is 1.18. The van der Waals surface area contributed by atoms with Crippen molar-refractivity contribution in [3.8, 4) is 0 Å². The summed E-state index contributed by atoms with van der Waals surface area (Å²) in [6, 6.07) is 0. The van der Waals surface area contributed by atoms with Gasteiger partial charge in [-0.15, -0.1) is 0 Å². The molecule has 0 saturated carbocycles. The number of halogens is 1. The van der Waals surface area contributed by atoms with E-state index in [1.165, 1.54) is 0 Å². The number of alkyl halides is 1. The largest absolute Gasteiger partial charge is 0.481 e. The lowest BCUT2D eigenvalue weighted by atomic mass is 9.96. The molecule has 0 radical (unpaired) electrons. The molecule has 0 heterocycles. The summed E-state index contributed by atoms with van der Waals surface area (Å²) in [5.74, 6) is -0.870. The van der Waals surface area contributed by atoms with Gasteiger partial charge in [0.05, 0.1) is 5.92 Å². The SMILES string of the molecule is C=C(CBr)CCC(CCC)C(=O)O. The predicted molar refractivity (Wildman–Crippen MR) is 58.2 cm³/mol. The van der Waals surface area contributed by atoms with E-state index in [1.54, 1.807) is 0 Å². The Kier molecular flexibility index (Phi) is 6.96. The van der Waals surface area contributed by atoms with E-state index in [9.17, 15) is 4.79 Å². The van der Waals surface area contributed by atoms with Gasteiger partial charge in [-0.25, -0.2) is 0 Å². The van der Waals surface area contributed by atoms with Crippen LogP contribution in [0.15, 0.2) is 12.2 Å². The van der Waals surface area contributed by atoms with Crippen LogP contribution in [0.25, 0.3) is 0 Å². The quantitative estimate of drug-likeness (QED) is 0.555. The van der Waals surface area contributed by atoms with E-state index in [4.69, 9.17) is 5.11 Å². The maximum absolute atomic E-state index is 10.7. The van der Waals surface area contributed by atoms with Crippen molar-refractivity contribution in [2.75, 3.05) is 5.33 Å². The van der Waals surface area contributed by atoms with Crippen molar-refractivity contribution in [3.63, 3.8) is 0 Å². The van der Waals surface area contributed by atoms with Gasteiger partial charge in [0.1, 0.15) is 0 Å². The van der Waals surface area contributed by atoms with Crippen LogP contribution >= 0.6 is 15.9 Å². The Morgan fingerprint density at radius 2 is 2.15 bits per heavy atom. The Bertz CT molecular complexity index is 178. The molecule has 0 rings (SSSR count). The molecule has 76 valence electrons. The average Bonchev–Trinajstić information content (AvgIpc) is 2.11. The summed E-state index contributed by atoms with van der Waals surface area (Å²) < 4.78 is 0. The lowest BCUT2D eigenvalue weighted by Gasteiger charge is -2.10. The number of rotatable bonds is 7. The molecule has 0 saturated heterocycles. The third-order valence-electron chi connectivity index (χ3n) is 2.02. The second kappa shape index (κ2) is 7.13. The van der Waals surface area contributed by atoms with Crippen molar-refractivity contribution < 1.29 is 9.90 Å². The highest BCUT2D eigenvalue weighted by molar-refractivity contribution is 9.09. The molecule has 1 atom stereocenters. The summed E-state index contributed by atoms with van der Waals surface area (Å²) in [7, 11) is 0. The Morgan fingerprint density at radius 1 is 1.54 bits per heavy atom. The molecule has 3 heteroatoms. The highest BCUT2D eigenvalue weighted by Crippen LogP contribution is 2.17. The molecule has 0 spiro atoms. The van der Waals surface area contributed by atoms with E-state index >= 15 is 0 Å². The lowest BCUT2D eigenvalue weighted by Crippen LogP contribution is -2.13. The first kappa shape index (κ1) is 12.7. The number of allylic oxidation sites excluding steroid dienone is 1. The van der Waals surface area contributed by atoms with Gasteiger partial charge in [0.15, 0.2) is 0 Å². The topological polar surface area (TPSA) is 37.3 Å². The van der Waals surface area contributed by atoms with Crippen LogP contribution in [0.4, 0.5) is 0 Å². The first-order chi connectivity index (χ1) is 6.11. The third kappa shape index (κ3) is 5.86. The molecule has 0 aliphatic carbocycles. The van der Waals surface area contributed by atoms with Gasteiger partial charge < -0.3 is 5.11 Å². The van der Waals surface area contributed by atoms with Crippen LogP contribution in [0.5, 0.6) is 0 Å². The van der Waals surface area contributed by atoms with Gasteiger partial charge in [-0.3, -0.25) is 4.79 Å². The molecule has 1 N–H and O–H groups in total. The highest BCUT2D eigenvalue weighted by atomic mass is 79.9. The van der Waals surface area contributed by atoms with Crippen LogP contribution in [-0.4, -0.2) is 16.4 Å². The molecule has 0 fully saturated rings.